The Hall–Kier alpha value is -2.09. The average Bonchev–Trinajstić information content (AvgIpc) is 2.91. The summed E-state index contributed by atoms with van der Waals surface area (Å²) >= 11 is 0. The number of hydrogen-bond acceptors (Lipinski definition) is 4. The summed E-state index contributed by atoms with van der Waals surface area (Å²) in [5.74, 6) is 0.797. The van der Waals surface area contributed by atoms with Crippen molar-refractivity contribution < 1.29 is 4.79 Å². The molecule has 1 amide bonds. The Morgan fingerprint density at radius 1 is 1.47 bits per heavy atom. The number of aromatic nitrogens is 1. The number of nitrogens with zero attached hydrogens (tertiary/aromatic N) is 4. The quantitative estimate of drug-likeness (QED) is 0.820. The van der Waals surface area contributed by atoms with Crippen LogP contribution in [0.5, 0.6) is 0 Å². The van der Waals surface area contributed by atoms with E-state index in [0.717, 1.165) is 31.6 Å². The molecule has 1 fully saturated rings. The number of aryl methyl sites for hydroxylation is 1. The van der Waals surface area contributed by atoms with Crippen molar-refractivity contribution in [1.82, 2.24) is 9.88 Å². The highest BCUT2D eigenvalue weighted by atomic mass is 16.2. The summed E-state index contributed by atoms with van der Waals surface area (Å²) in [6.45, 7) is 3.87. The van der Waals surface area contributed by atoms with Crippen LogP contribution in [0, 0.1) is 18.3 Å². The molecule has 2 heterocycles. The Kier molecular flexibility index (Phi) is 4.00. The standard InChI is InChI=1S/C14H18N4O/c1-11-7-12(9-15)8-13(16-11)17(2)10-14(19)18-5-3-4-6-18/h7-8H,3-6,10H2,1-2H3. The zero-order chi connectivity index (χ0) is 13.8. The third-order valence-corrected chi connectivity index (χ3v) is 3.29. The highest BCUT2D eigenvalue weighted by molar-refractivity contribution is 5.81. The van der Waals surface area contributed by atoms with Gasteiger partial charge in [-0.2, -0.15) is 5.26 Å². The molecule has 0 spiro atoms. The van der Waals surface area contributed by atoms with Crippen LogP contribution < -0.4 is 4.90 Å². The molecule has 1 aliphatic rings. The fourth-order valence-electron chi connectivity index (χ4n) is 2.26. The number of likely N-dealkylation sites (tertiary alicyclic amines) is 1. The zero-order valence-corrected chi connectivity index (χ0v) is 11.4. The summed E-state index contributed by atoms with van der Waals surface area (Å²) in [7, 11) is 1.83. The molecule has 0 bridgehead atoms. The molecule has 2 rings (SSSR count). The van der Waals surface area contributed by atoms with Gasteiger partial charge in [0.2, 0.25) is 5.91 Å². The normalized spacial score (nSPS) is 14.3. The van der Waals surface area contributed by atoms with Gasteiger partial charge in [-0.05, 0) is 31.9 Å². The molecule has 19 heavy (non-hydrogen) atoms. The SMILES string of the molecule is Cc1cc(C#N)cc(N(C)CC(=O)N2CCCC2)n1. The predicted octanol–water partition coefficient (Wildman–Crippen LogP) is 1.32. The van der Waals surface area contributed by atoms with Crippen molar-refractivity contribution in [3.8, 4) is 6.07 Å². The number of carbonyl (C=O) groups is 1. The summed E-state index contributed by atoms with van der Waals surface area (Å²) in [4.78, 5) is 20.1. The molecule has 1 aromatic heterocycles. The second kappa shape index (κ2) is 5.70. The lowest BCUT2D eigenvalue weighted by Gasteiger charge is -2.22. The number of nitriles is 1. The van der Waals surface area contributed by atoms with Gasteiger partial charge in [0, 0.05) is 25.8 Å². The van der Waals surface area contributed by atoms with Crippen LogP contribution in [0.3, 0.4) is 0 Å². The monoisotopic (exact) mass is 258 g/mol. The van der Waals surface area contributed by atoms with Crippen LogP contribution in [0.1, 0.15) is 24.1 Å². The van der Waals surface area contributed by atoms with Crippen molar-refractivity contribution in [2.75, 3.05) is 31.6 Å². The van der Waals surface area contributed by atoms with Crippen molar-refractivity contribution in [3.63, 3.8) is 0 Å². The van der Waals surface area contributed by atoms with Crippen LogP contribution >= 0.6 is 0 Å². The van der Waals surface area contributed by atoms with Crippen molar-refractivity contribution in [2.45, 2.75) is 19.8 Å². The molecule has 0 aromatic carbocycles. The van der Waals surface area contributed by atoms with Gasteiger partial charge in [-0.15, -0.1) is 0 Å². The van der Waals surface area contributed by atoms with Gasteiger partial charge in [0.05, 0.1) is 18.2 Å². The van der Waals surface area contributed by atoms with Crippen molar-refractivity contribution in [2.24, 2.45) is 0 Å². The first-order chi connectivity index (χ1) is 9.10. The Morgan fingerprint density at radius 3 is 2.79 bits per heavy atom. The Bertz CT molecular complexity index is 515. The second-order valence-corrected chi connectivity index (χ2v) is 4.91. The van der Waals surface area contributed by atoms with Gasteiger partial charge in [0.15, 0.2) is 0 Å². The fourth-order valence-corrected chi connectivity index (χ4v) is 2.26. The lowest BCUT2D eigenvalue weighted by atomic mass is 10.2. The Morgan fingerprint density at radius 2 is 2.16 bits per heavy atom. The molecule has 0 saturated carbocycles. The molecule has 1 aromatic rings. The molecule has 100 valence electrons. The number of pyridine rings is 1. The van der Waals surface area contributed by atoms with Gasteiger partial charge >= 0.3 is 0 Å². The van der Waals surface area contributed by atoms with Gasteiger partial charge in [-0.25, -0.2) is 4.98 Å². The van der Waals surface area contributed by atoms with E-state index in [9.17, 15) is 4.79 Å². The van der Waals surface area contributed by atoms with Gasteiger partial charge in [0.25, 0.3) is 0 Å². The first-order valence-electron chi connectivity index (χ1n) is 6.48. The molecule has 0 aliphatic carbocycles. The first-order valence-corrected chi connectivity index (χ1v) is 6.48. The topological polar surface area (TPSA) is 60.2 Å². The van der Waals surface area contributed by atoms with Crippen LogP contribution in [0.25, 0.3) is 0 Å². The molecular weight excluding hydrogens is 240 g/mol. The highest BCUT2D eigenvalue weighted by Gasteiger charge is 2.19. The molecule has 0 N–H and O–H groups in total. The number of hydrogen-bond donors (Lipinski definition) is 0. The van der Waals surface area contributed by atoms with E-state index in [4.69, 9.17) is 5.26 Å². The van der Waals surface area contributed by atoms with Crippen molar-refractivity contribution in [3.05, 3.63) is 23.4 Å². The maximum Gasteiger partial charge on any atom is 0.242 e. The summed E-state index contributed by atoms with van der Waals surface area (Å²) in [5, 5.41) is 8.95. The van der Waals surface area contributed by atoms with Crippen molar-refractivity contribution in [1.29, 1.82) is 5.26 Å². The van der Waals surface area contributed by atoms with Crippen LogP contribution in [0.2, 0.25) is 0 Å². The summed E-state index contributed by atoms with van der Waals surface area (Å²) in [5.41, 5.74) is 1.36. The van der Waals surface area contributed by atoms with E-state index < -0.39 is 0 Å². The van der Waals surface area contributed by atoms with Gasteiger partial charge in [-0.1, -0.05) is 0 Å². The number of likely N-dealkylation sites (N-methyl/N-ethyl adjacent to an activating group) is 1. The third kappa shape index (κ3) is 3.22. The molecule has 0 atom stereocenters. The lowest BCUT2D eigenvalue weighted by molar-refractivity contribution is -0.128. The maximum absolute atomic E-state index is 12.1. The predicted molar refractivity (Wildman–Crippen MR) is 72.8 cm³/mol. The van der Waals surface area contributed by atoms with Crippen LogP contribution in [0.4, 0.5) is 5.82 Å². The Balaban J connectivity index is 2.07. The smallest absolute Gasteiger partial charge is 0.242 e. The minimum Gasteiger partial charge on any atom is -0.350 e. The van der Waals surface area contributed by atoms with Gasteiger partial charge in [-0.3, -0.25) is 4.79 Å². The molecule has 0 unspecified atom stereocenters. The van der Waals surface area contributed by atoms with E-state index in [-0.39, 0.29) is 5.91 Å². The van der Waals surface area contributed by atoms with Gasteiger partial charge < -0.3 is 9.80 Å². The first kappa shape index (κ1) is 13.3. The number of carbonyl (C=O) groups excluding carboxylic acids is 1. The number of rotatable bonds is 3. The number of amides is 1. The largest absolute Gasteiger partial charge is 0.350 e. The number of anilines is 1. The zero-order valence-electron chi connectivity index (χ0n) is 11.4. The minimum absolute atomic E-state index is 0.127. The lowest BCUT2D eigenvalue weighted by Crippen LogP contribution is -2.37. The molecule has 5 nitrogen and oxygen atoms in total. The fraction of sp³-hybridized carbons (Fsp3) is 0.500. The summed E-state index contributed by atoms with van der Waals surface area (Å²) in [6, 6.07) is 5.56. The van der Waals surface area contributed by atoms with E-state index in [2.05, 4.69) is 11.1 Å². The van der Waals surface area contributed by atoms with Crippen LogP contribution in [-0.4, -0.2) is 42.5 Å². The van der Waals surface area contributed by atoms with E-state index in [1.807, 2.05) is 18.9 Å². The molecule has 5 heteroatoms. The van der Waals surface area contributed by atoms with E-state index in [1.165, 1.54) is 0 Å². The maximum atomic E-state index is 12.1. The van der Waals surface area contributed by atoms with Crippen molar-refractivity contribution >= 4 is 11.7 Å². The molecular formula is C14H18N4O. The third-order valence-electron chi connectivity index (χ3n) is 3.29. The molecule has 0 radical (unpaired) electrons. The van der Waals surface area contributed by atoms with E-state index >= 15 is 0 Å². The minimum atomic E-state index is 0.127. The molecule has 1 aliphatic heterocycles. The Labute approximate surface area is 113 Å². The summed E-state index contributed by atoms with van der Waals surface area (Å²) in [6.07, 6.45) is 2.19. The van der Waals surface area contributed by atoms with Crippen LogP contribution in [-0.2, 0) is 4.79 Å². The molecule has 1 saturated heterocycles. The highest BCUT2D eigenvalue weighted by Crippen LogP contribution is 2.14. The average molecular weight is 258 g/mol. The van der Waals surface area contributed by atoms with Gasteiger partial charge in [0.1, 0.15) is 5.82 Å². The summed E-state index contributed by atoms with van der Waals surface area (Å²) < 4.78 is 0. The second-order valence-electron chi connectivity index (χ2n) is 4.91. The van der Waals surface area contributed by atoms with E-state index in [0.29, 0.717) is 17.9 Å². The van der Waals surface area contributed by atoms with Crippen LogP contribution in [0.15, 0.2) is 12.1 Å². The van der Waals surface area contributed by atoms with E-state index in [1.54, 1.807) is 17.0 Å².